The van der Waals surface area contributed by atoms with Crippen molar-refractivity contribution in [2.75, 3.05) is 13.2 Å². The van der Waals surface area contributed by atoms with Crippen molar-refractivity contribution >= 4 is 17.7 Å². The van der Waals surface area contributed by atoms with E-state index in [2.05, 4.69) is 0 Å². The zero-order chi connectivity index (χ0) is 15.0. The van der Waals surface area contributed by atoms with Gasteiger partial charge in [0.2, 0.25) is 0 Å². The molecule has 0 amide bonds. The molecule has 0 radical (unpaired) electrons. The lowest BCUT2D eigenvalue weighted by molar-refractivity contribution is -0.161. The van der Waals surface area contributed by atoms with Gasteiger partial charge in [0.25, 0.3) is 0 Å². The Kier molecular flexibility index (Phi) is 6.68. The Morgan fingerprint density at radius 3 is 2.45 bits per heavy atom. The van der Waals surface area contributed by atoms with Crippen LogP contribution >= 0.6 is 0 Å². The SMILES string of the molecule is CCOC(=O)CCC1(C(=O)OCC)CCCCCC1=O. The lowest BCUT2D eigenvalue weighted by atomic mass is 9.75. The molecule has 1 atom stereocenters. The molecule has 0 spiro atoms. The van der Waals surface area contributed by atoms with Crippen LogP contribution in [0.15, 0.2) is 0 Å². The summed E-state index contributed by atoms with van der Waals surface area (Å²) in [5, 5.41) is 0. The minimum atomic E-state index is -1.14. The minimum absolute atomic E-state index is 0.0817. The average molecular weight is 284 g/mol. The van der Waals surface area contributed by atoms with Crippen molar-refractivity contribution in [1.82, 2.24) is 0 Å². The molecule has 1 aliphatic carbocycles. The first-order valence-electron chi connectivity index (χ1n) is 7.43. The maximum absolute atomic E-state index is 12.4. The van der Waals surface area contributed by atoms with Gasteiger partial charge in [-0.05, 0) is 33.1 Å². The van der Waals surface area contributed by atoms with Crippen molar-refractivity contribution in [3.8, 4) is 0 Å². The topological polar surface area (TPSA) is 69.7 Å². The van der Waals surface area contributed by atoms with Gasteiger partial charge in [-0.25, -0.2) is 0 Å². The highest BCUT2D eigenvalue weighted by Gasteiger charge is 2.46. The predicted octanol–water partition coefficient (Wildman–Crippen LogP) is 2.41. The molecular formula is C15H24O5. The highest BCUT2D eigenvalue weighted by molar-refractivity contribution is 6.04. The number of Topliss-reactive ketones (excluding diaryl/α,β-unsaturated/α-hetero) is 1. The molecule has 20 heavy (non-hydrogen) atoms. The lowest BCUT2D eigenvalue weighted by Crippen LogP contribution is -2.40. The highest BCUT2D eigenvalue weighted by atomic mass is 16.5. The van der Waals surface area contributed by atoms with Crippen LogP contribution < -0.4 is 0 Å². The van der Waals surface area contributed by atoms with E-state index >= 15 is 0 Å². The van der Waals surface area contributed by atoms with Crippen molar-refractivity contribution in [2.45, 2.75) is 58.8 Å². The Bertz CT molecular complexity index is 363. The Hall–Kier alpha value is -1.39. The van der Waals surface area contributed by atoms with Gasteiger partial charge in [0, 0.05) is 12.8 Å². The zero-order valence-electron chi connectivity index (χ0n) is 12.4. The van der Waals surface area contributed by atoms with Crippen LogP contribution in [0.3, 0.4) is 0 Å². The number of carbonyl (C=O) groups excluding carboxylic acids is 3. The second-order valence-corrected chi connectivity index (χ2v) is 5.09. The fraction of sp³-hybridized carbons (Fsp3) is 0.800. The van der Waals surface area contributed by atoms with Gasteiger partial charge < -0.3 is 9.47 Å². The number of ketones is 1. The van der Waals surface area contributed by atoms with Crippen molar-refractivity contribution in [1.29, 1.82) is 0 Å². The Labute approximate surface area is 120 Å². The van der Waals surface area contributed by atoms with Crippen LogP contribution in [0.25, 0.3) is 0 Å². The van der Waals surface area contributed by atoms with Crippen LogP contribution in [-0.4, -0.2) is 30.9 Å². The van der Waals surface area contributed by atoms with E-state index in [1.165, 1.54) is 0 Å². The summed E-state index contributed by atoms with van der Waals surface area (Å²) < 4.78 is 9.97. The quantitative estimate of drug-likeness (QED) is 0.425. The summed E-state index contributed by atoms with van der Waals surface area (Å²) in [4.78, 5) is 36.1. The molecule has 1 fully saturated rings. The number of rotatable bonds is 6. The molecule has 5 heteroatoms. The summed E-state index contributed by atoms with van der Waals surface area (Å²) >= 11 is 0. The van der Waals surface area contributed by atoms with Gasteiger partial charge in [0.15, 0.2) is 0 Å². The van der Waals surface area contributed by atoms with Gasteiger partial charge in [-0.15, -0.1) is 0 Å². The minimum Gasteiger partial charge on any atom is -0.466 e. The van der Waals surface area contributed by atoms with Crippen molar-refractivity contribution in [2.24, 2.45) is 5.41 Å². The molecule has 0 aromatic rings. The van der Waals surface area contributed by atoms with Gasteiger partial charge in [-0.2, -0.15) is 0 Å². The van der Waals surface area contributed by atoms with Gasteiger partial charge in [-0.3, -0.25) is 14.4 Å². The normalized spacial score (nSPS) is 23.0. The van der Waals surface area contributed by atoms with Gasteiger partial charge >= 0.3 is 11.9 Å². The summed E-state index contributed by atoms with van der Waals surface area (Å²) in [6.07, 6.45) is 3.70. The van der Waals surface area contributed by atoms with E-state index in [0.717, 1.165) is 19.3 Å². The van der Waals surface area contributed by atoms with Crippen LogP contribution in [0.1, 0.15) is 58.8 Å². The van der Waals surface area contributed by atoms with Gasteiger partial charge in [0.1, 0.15) is 11.2 Å². The predicted molar refractivity (Wildman–Crippen MR) is 73.0 cm³/mol. The molecule has 0 aliphatic heterocycles. The first-order valence-corrected chi connectivity index (χ1v) is 7.43. The Morgan fingerprint density at radius 2 is 1.80 bits per heavy atom. The monoisotopic (exact) mass is 284 g/mol. The second kappa shape index (κ2) is 8.02. The maximum atomic E-state index is 12.4. The molecule has 0 aromatic carbocycles. The zero-order valence-corrected chi connectivity index (χ0v) is 12.4. The molecule has 0 saturated heterocycles. The number of ether oxygens (including phenoxy) is 2. The Balaban J connectivity index is 2.85. The lowest BCUT2D eigenvalue weighted by Gasteiger charge is -2.28. The molecule has 1 aliphatic rings. The molecule has 1 unspecified atom stereocenters. The molecule has 5 nitrogen and oxygen atoms in total. The van der Waals surface area contributed by atoms with Crippen LogP contribution in [0.2, 0.25) is 0 Å². The highest BCUT2D eigenvalue weighted by Crippen LogP contribution is 2.38. The molecular weight excluding hydrogens is 260 g/mol. The van der Waals surface area contributed by atoms with Crippen LogP contribution in [0.4, 0.5) is 0 Å². The van der Waals surface area contributed by atoms with E-state index < -0.39 is 11.4 Å². The van der Waals surface area contributed by atoms with Gasteiger partial charge in [0.05, 0.1) is 13.2 Å². The van der Waals surface area contributed by atoms with E-state index in [1.807, 2.05) is 0 Å². The molecule has 0 bridgehead atoms. The standard InChI is InChI=1S/C15H24O5/c1-3-19-13(17)9-11-15(14(18)20-4-2)10-7-5-6-8-12(15)16/h3-11H2,1-2H3. The second-order valence-electron chi connectivity index (χ2n) is 5.09. The summed E-state index contributed by atoms with van der Waals surface area (Å²) in [6, 6.07) is 0. The molecule has 1 saturated carbocycles. The van der Waals surface area contributed by atoms with Crippen molar-refractivity contribution in [3.63, 3.8) is 0 Å². The van der Waals surface area contributed by atoms with Crippen LogP contribution in [0.5, 0.6) is 0 Å². The first-order chi connectivity index (χ1) is 9.56. The smallest absolute Gasteiger partial charge is 0.319 e. The molecule has 114 valence electrons. The largest absolute Gasteiger partial charge is 0.466 e. The van der Waals surface area contributed by atoms with E-state index in [0.29, 0.717) is 19.4 Å². The average Bonchev–Trinajstić information content (AvgIpc) is 2.60. The number of carbonyl (C=O) groups is 3. The number of hydrogen-bond donors (Lipinski definition) is 0. The first kappa shape index (κ1) is 16.7. The van der Waals surface area contributed by atoms with E-state index in [-0.39, 0.29) is 31.2 Å². The summed E-state index contributed by atoms with van der Waals surface area (Å²) in [5.41, 5.74) is -1.14. The number of hydrogen-bond acceptors (Lipinski definition) is 5. The summed E-state index contributed by atoms with van der Waals surface area (Å²) in [6.45, 7) is 4.00. The fourth-order valence-corrected chi connectivity index (χ4v) is 2.67. The van der Waals surface area contributed by atoms with Crippen molar-refractivity contribution in [3.05, 3.63) is 0 Å². The maximum Gasteiger partial charge on any atom is 0.319 e. The van der Waals surface area contributed by atoms with Crippen LogP contribution in [-0.2, 0) is 23.9 Å². The third kappa shape index (κ3) is 4.05. The van der Waals surface area contributed by atoms with Crippen LogP contribution in [0, 0.1) is 5.41 Å². The summed E-state index contributed by atoms with van der Waals surface area (Å²) in [7, 11) is 0. The van der Waals surface area contributed by atoms with E-state index in [4.69, 9.17) is 9.47 Å². The Morgan fingerprint density at radius 1 is 1.10 bits per heavy atom. The molecule has 1 rings (SSSR count). The van der Waals surface area contributed by atoms with E-state index in [1.54, 1.807) is 13.8 Å². The molecule has 0 heterocycles. The molecule has 0 aromatic heterocycles. The molecule has 0 N–H and O–H groups in total. The van der Waals surface area contributed by atoms with Crippen molar-refractivity contribution < 1.29 is 23.9 Å². The third-order valence-electron chi connectivity index (χ3n) is 3.77. The number of esters is 2. The third-order valence-corrected chi connectivity index (χ3v) is 3.77. The van der Waals surface area contributed by atoms with Gasteiger partial charge in [-0.1, -0.05) is 12.8 Å². The van der Waals surface area contributed by atoms with E-state index in [9.17, 15) is 14.4 Å². The fourth-order valence-electron chi connectivity index (χ4n) is 2.67. The summed E-state index contributed by atoms with van der Waals surface area (Å²) in [5.74, 6) is -0.929.